The predicted molar refractivity (Wildman–Crippen MR) is 133 cm³/mol. The highest BCUT2D eigenvalue weighted by Crippen LogP contribution is 2.43. The van der Waals surface area contributed by atoms with Gasteiger partial charge in [-0.3, -0.25) is 4.79 Å². The number of hydrogen-bond donors (Lipinski definition) is 1. The molecule has 0 amide bonds. The third kappa shape index (κ3) is 4.13. The van der Waals surface area contributed by atoms with Crippen LogP contribution in [0.2, 0.25) is 0 Å². The molecule has 0 radical (unpaired) electrons. The van der Waals surface area contributed by atoms with Gasteiger partial charge in [-0.2, -0.15) is 0 Å². The monoisotopic (exact) mass is 454 g/mol. The lowest BCUT2D eigenvalue weighted by Gasteiger charge is -2.16. The van der Waals surface area contributed by atoms with E-state index >= 15 is 0 Å². The van der Waals surface area contributed by atoms with Gasteiger partial charge in [0, 0.05) is 11.5 Å². The van der Waals surface area contributed by atoms with Crippen molar-refractivity contribution in [2.75, 3.05) is 0 Å². The van der Waals surface area contributed by atoms with Crippen molar-refractivity contribution in [2.24, 2.45) is 11.8 Å². The van der Waals surface area contributed by atoms with Crippen molar-refractivity contribution in [2.45, 2.75) is 52.6 Å². The van der Waals surface area contributed by atoms with E-state index in [-0.39, 0.29) is 11.5 Å². The number of fused-ring (bicyclic) bond motifs is 1. The Bertz CT molecular complexity index is 1250. The zero-order chi connectivity index (χ0) is 23.8. The number of Topliss-reactive ketones (excluding diaryl/α,β-unsaturated/α-hetero) is 1. The highest BCUT2D eigenvalue weighted by atomic mass is 16.5. The number of hydrogen-bond acceptors (Lipinski definition) is 3. The molecule has 0 bridgehead atoms. The summed E-state index contributed by atoms with van der Waals surface area (Å²) >= 11 is 0. The van der Waals surface area contributed by atoms with Crippen LogP contribution >= 0.6 is 0 Å². The van der Waals surface area contributed by atoms with Crippen LogP contribution in [0.3, 0.4) is 0 Å². The molecule has 3 aromatic carbocycles. The van der Waals surface area contributed by atoms with Crippen LogP contribution in [0.15, 0.2) is 54.6 Å². The maximum Gasteiger partial charge on any atom is 0.335 e. The lowest BCUT2D eigenvalue weighted by atomic mass is 9.87. The van der Waals surface area contributed by atoms with Gasteiger partial charge in [-0.1, -0.05) is 43.2 Å². The number of benzene rings is 3. The van der Waals surface area contributed by atoms with Gasteiger partial charge >= 0.3 is 5.97 Å². The predicted octanol–water partition coefficient (Wildman–Crippen LogP) is 6.79. The second-order valence-electron chi connectivity index (χ2n) is 9.75. The molecule has 1 fully saturated rings. The molecule has 1 N–H and O–H groups in total. The topological polar surface area (TPSA) is 63.6 Å². The van der Waals surface area contributed by atoms with Crippen LogP contribution in [0.5, 0.6) is 5.75 Å². The van der Waals surface area contributed by atoms with Crippen LogP contribution in [0.1, 0.15) is 68.7 Å². The number of carbonyl (C=O) groups is 2. The number of ketones is 1. The van der Waals surface area contributed by atoms with E-state index in [1.807, 2.05) is 37.3 Å². The first-order valence-electron chi connectivity index (χ1n) is 12.1. The molecule has 34 heavy (non-hydrogen) atoms. The lowest BCUT2D eigenvalue weighted by molar-refractivity contribution is 0.0696. The van der Waals surface area contributed by atoms with E-state index in [1.54, 1.807) is 12.1 Å². The number of carboxylic acids is 1. The fourth-order valence-electron chi connectivity index (χ4n) is 5.67. The normalized spacial score (nSPS) is 17.7. The summed E-state index contributed by atoms with van der Waals surface area (Å²) in [6.45, 7) is 4.53. The molecule has 0 saturated heterocycles. The molecule has 1 atom stereocenters. The van der Waals surface area contributed by atoms with Crippen LogP contribution in [0.25, 0.3) is 11.1 Å². The smallest absolute Gasteiger partial charge is 0.335 e. The number of ether oxygens (including phenoxy) is 1. The maximum atomic E-state index is 13.2. The molecule has 2 aliphatic carbocycles. The summed E-state index contributed by atoms with van der Waals surface area (Å²) in [6, 6.07) is 17.1. The molecule has 1 saturated carbocycles. The summed E-state index contributed by atoms with van der Waals surface area (Å²) < 4.78 is 6.28. The number of aromatic carboxylic acids is 1. The fourth-order valence-corrected chi connectivity index (χ4v) is 5.67. The Kier molecular flexibility index (Phi) is 5.99. The SMILES string of the molecule is Cc1c(OCc2cccc(-c3ccc(C(=O)O)cc3)c2)cc2c(c1C)C(=O)[C@@H](C1CCCC1)C2. The average molecular weight is 455 g/mol. The second-order valence-corrected chi connectivity index (χ2v) is 9.75. The van der Waals surface area contributed by atoms with E-state index < -0.39 is 5.97 Å². The van der Waals surface area contributed by atoms with Gasteiger partial charge in [0.15, 0.2) is 5.78 Å². The van der Waals surface area contributed by atoms with Crippen molar-refractivity contribution in [1.82, 2.24) is 0 Å². The van der Waals surface area contributed by atoms with Crippen LogP contribution < -0.4 is 4.74 Å². The Labute approximate surface area is 200 Å². The first kappa shape index (κ1) is 22.4. The summed E-state index contributed by atoms with van der Waals surface area (Å²) in [7, 11) is 0. The van der Waals surface area contributed by atoms with E-state index in [2.05, 4.69) is 19.1 Å². The summed E-state index contributed by atoms with van der Waals surface area (Å²) in [5.74, 6) is 0.958. The number of carboxylic acid groups (broad SMARTS) is 1. The second kappa shape index (κ2) is 9.09. The highest BCUT2D eigenvalue weighted by molar-refractivity contribution is 6.04. The first-order chi connectivity index (χ1) is 16.4. The Morgan fingerprint density at radius 3 is 2.41 bits per heavy atom. The molecular formula is C30H30O4. The Hall–Kier alpha value is -3.40. The number of carbonyl (C=O) groups excluding carboxylic acids is 1. The fraction of sp³-hybridized carbons (Fsp3) is 0.333. The molecule has 4 nitrogen and oxygen atoms in total. The van der Waals surface area contributed by atoms with Gasteiger partial charge in [-0.05, 0) is 96.7 Å². The van der Waals surface area contributed by atoms with E-state index in [9.17, 15) is 9.59 Å². The van der Waals surface area contributed by atoms with Crippen LogP contribution in [0, 0.1) is 25.7 Å². The van der Waals surface area contributed by atoms with Crippen LogP contribution in [-0.2, 0) is 13.0 Å². The van der Waals surface area contributed by atoms with Gasteiger partial charge in [0.1, 0.15) is 12.4 Å². The zero-order valence-corrected chi connectivity index (χ0v) is 19.8. The molecule has 0 aromatic heterocycles. The van der Waals surface area contributed by atoms with Gasteiger partial charge in [0.05, 0.1) is 5.56 Å². The molecule has 3 aromatic rings. The van der Waals surface area contributed by atoms with Gasteiger partial charge in [0.25, 0.3) is 0 Å². The first-order valence-corrected chi connectivity index (χ1v) is 12.1. The van der Waals surface area contributed by atoms with E-state index in [4.69, 9.17) is 9.84 Å². The molecular weight excluding hydrogens is 424 g/mol. The minimum absolute atomic E-state index is 0.148. The molecule has 174 valence electrons. The van der Waals surface area contributed by atoms with Crippen LogP contribution in [0.4, 0.5) is 0 Å². The molecule has 5 rings (SSSR count). The van der Waals surface area contributed by atoms with E-state index in [0.717, 1.165) is 51.1 Å². The molecule has 0 unspecified atom stereocenters. The molecule has 0 heterocycles. The molecule has 0 aliphatic heterocycles. The van der Waals surface area contributed by atoms with Crippen molar-refractivity contribution >= 4 is 11.8 Å². The lowest BCUT2D eigenvalue weighted by Crippen LogP contribution is -2.18. The molecule has 4 heteroatoms. The van der Waals surface area contributed by atoms with Crippen molar-refractivity contribution in [3.05, 3.63) is 88.0 Å². The molecule has 0 spiro atoms. The van der Waals surface area contributed by atoms with Gasteiger partial charge in [-0.25, -0.2) is 4.79 Å². The summed E-state index contributed by atoms with van der Waals surface area (Å²) in [4.78, 5) is 24.3. The van der Waals surface area contributed by atoms with E-state index in [1.165, 1.54) is 25.7 Å². The van der Waals surface area contributed by atoms with Gasteiger partial charge in [0.2, 0.25) is 0 Å². The highest BCUT2D eigenvalue weighted by Gasteiger charge is 2.39. The van der Waals surface area contributed by atoms with Crippen LogP contribution in [-0.4, -0.2) is 16.9 Å². The minimum Gasteiger partial charge on any atom is -0.489 e. The third-order valence-corrected chi connectivity index (χ3v) is 7.71. The van der Waals surface area contributed by atoms with Crippen molar-refractivity contribution < 1.29 is 19.4 Å². The quantitative estimate of drug-likeness (QED) is 0.445. The Balaban J connectivity index is 1.34. The Morgan fingerprint density at radius 1 is 0.971 bits per heavy atom. The standard InChI is InChI=1S/C30H30O4/c1-18-19(2)28-25(15-26(29(28)31)22-7-3-4-8-22)16-27(18)34-17-20-6-5-9-24(14-20)21-10-12-23(13-11-21)30(32)33/h5-6,9-14,16,22,26H,3-4,7-8,15,17H2,1-2H3,(H,32,33)/t26-/m1/s1. The average Bonchev–Trinajstić information content (AvgIpc) is 3.49. The maximum absolute atomic E-state index is 13.2. The summed E-state index contributed by atoms with van der Waals surface area (Å²) in [5.41, 5.74) is 7.49. The van der Waals surface area contributed by atoms with Crippen molar-refractivity contribution in [3.63, 3.8) is 0 Å². The van der Waals surface area contributed by atoms with Gasteiger partial charge < -0.3 is 9.84 Å². The van der Waals surface area contributed by atoms with Crippen molar-refractivity contribution in [3.8, 4) is 16.9 Å². The Morgan fingerprint density at radius 2 is 1.71 bits per heavy atom. The van der Waals surface area contributed by atoms with Gasteiger partial charge in [-0.15, -0.1) is 0 Å². The third-order valence-electron chi connectivity index (χ3n) is 7.71. The zero-order valence-electron chi connectivity index (χ0n) is 19.8. The number of rotatable bonds is 6. The summed E-state index contributed by atoms with van der Waals surface area (Å²) in [5, 5.41) is 9.12. The van der Waals surface area contributed by atoms with E-state index in [0.29, 0.717) is 18.3 Å². The molecule has 2 aliphatic rings. The van der Waals surface area contributed by atoms with Crippen molar-refractivity contribution in [1.29, 1.82) is 0 Å². The largest absolute Gasteiger partial charge is 0.489 e. The summed E-state index contributed by atoms with van der Waals surface area (Å²) in [6.07, 6.45) is 5.71. The minimum atomic E-state index is -0.926.